The zero-order valence-electron chi connectivity index (χ0n) is 37.4. The van der Waals surface area contributed by atoms with E-state index in [9.17, 15) is 15.0 Å². The minimum atomic E-state index is -1.39. The van der Waals surface area contributed by atoms with Crippen LogP contribution in [0.5, 0.6) is 23.0 Å². The Labute approximate surface area is 387 Å². The molecule has 0 spiro atoms. The fraction of sp³-hybridized carbons (Fsp3) is 0.204. The van der Waals surface area contributed by atoms with Crippen molar-refractivity contribution in [2.45, 2.75) is 35.7 Å². The number of nitrogens with one attached hydrogen (secondary N) is 1. The molecule has 3 heterocycles. The highest BCUT2D eigenvalue weighted by molar-refractivity contribution is 5.87. The maximum atomic E-state index is 14.4. The van der Waals surface area contributed by atoms with E-state index in [1.54, 1.807) is 39.2 Å². The zero-order valence-corrected chi connectivity index (χ0v) is 37.4. The van der Waals surface area contributed by atoms with Crippen LogP contribution in [-0.2, 0) is 20.6 Å². The van der Waals surface area contributed by atoms with Crippen molar-refractivity contribution in [1.82, 2.24) is 14.5 Å². The maximum Gasteiger partial charge on any atom is 0.194 e. The molecule has 4 atom stereocenters. The number of aliphatic hydroxyl groups is 2. The van der Waals surface area contributed by atoms with E-state index in [0.29, 0.717) is 23.0 Å². The lowest BCUT2D eigenvalue weighted by Crippen LogP contribution is -2.44. The normalized spacial score (nSPS) is 17.2. The van der Waals surface area contributed by atoms with Crippen molar-refractivity contribution in [3.8, 4) is 23.0 Å². The molecule has 340 valence electrons. The molecule has 8 aromatic rings. The first-order valence-corrected chi connectivity index (χ1v) is 21.7. The summed E-state index contributed by atoms with van der Waals surface area (Å²) in [6, 6.07) is 51.5. The van der Waals surface area contributed by atoms with Gasteiger partial charge in [-0.15, -0.1) is 0 Å². The van der Waals surface area contributed by atoms with Crippen LogP contribution in [0.1, 0.15) is 39.6 Å². The highest BCUT2D eigenvalue weighted by Gasteiger charge is 2.51. The molecule has 67 heavy (non-hydrogen) atoms. The van der Waals surface area contributed by atoms with E-state index in [2.05, 4.69) is 5.32 Å². The van der Waals surface area contributed by atoms with Gasteiger partial charge >= 0.3 is 0 Å². The molecule has 0 aliphatic carbocycles. The quantitative estimate of drug-likeness (QED) is 0.0809. The highest BCUT2D eigenvalue weighted by Crippen LogP contribution is 2.47. The molecule has 1 aliphatic heterocycles. The van der Waals surface area contributed by atoms with Crippen LogP contribution >= 0.6 is 0 Å². The molecular weight excluding hydrogens is 849 g/mol. The SMILES string of the molecule is COc1ccc(C(Nc2ncnc3c2c(=O)ccn3[C@@H]2O[C@H](CO)[C@H](O)[C@H]2OC(c2ccccc2)(c2ccc(OC)cc2)c2ccc(OC)cc2)(c2ccccc2)c2ccc(OC)cc2)cc1. The molecule has 0 unspecified atom stereocenters. The summed E-state index contributed by atoms with van der Waals surface area (Å²) in [5.41, 5.74) is 1.97. The van der Waals surface area contributed by atoms with E-state index < -0.39 is 42.3 Å². The summed E-state index contributed by atoms with van der Waals surface area (Å²) in [6.07, 6.45) is -1.82. The second kappa shape index (κ2) is 19.1. The smallest absolute Gasteiger partial charge is 0.194 e. The summed E-state index contributed by atoms with van der Waals surface area (Å²) in [6.45, 7) is -0.524. The Kier molecular flexibility index (Phi) is 12.7. The van der Waals surface area contributed by atoms with E-state index in [4.69, 9.17) is 38.4 Å². The predicted molar refractivity (Wildman–Crippen MR) is 254 cm³/mol. The first-order chi connectivity index (χ1) is 32.8. The number of methoxy groups -OCH3 is 4. The minimum absolute atomic E-state index is 0.149. The van der Waals surface area contributed by atoms with Crippen LogP contribution in [0, 0.1) is 0 Å². The maximum absolute atomic E-state index is 14.4. The molecule has 9 rings (SSSR count). The fourth-order valence-electron chi connectivity index (χ4n) is 9.12. The molecule has 1 aliphatic rings. The van der Waals surface area contributed by atoms with Gasteiger partial charge in [0.25, 0.3) is 0 Å². The standard InChI is InChI=1S/C54H50N4O9/c1-62-41-23-15-36(16-24-41)53(35-11-7-5-8-12-35,37-17-25-42(63-2)26-18-37)57-50-47-45(60)31-32-58(51(47)56-34-55-50)52-49(48(61)46(33-59)66-52)67-54(38-13-9-6-10-14-38,39-19-27-43(64-3)28-20-39)40-21-29-44(65-4)30-22-40/h5-32,34,46,48-49,52,59,61H,33H2,1-4H3,(H,55,56,57)/t46-,48+,49-,52-/m1/s1. The Morgan fingerprint density at radius 3 is 1.49 bits per heavy atom. The van der Waals surface area contributed by atoms with Gasteiger partial charge in [0.2, 0.25) is 0 Å². The van der Waals surface area contributed by atoms with Gasteiger partial charge in [-0.1, -0.05) is 109 Å². The van der Waals surface area contributed by atoms with Gasteiger partial charge < -0.3 is 48.5 Å². The Morgan fingerprint density at radius 1 is 0.597 bits per heavy atom. The lowest BCUT2D eigenvalue weighted by atomic mass is 9.77. The number of ether oxygens (including phenoxy) is 6. The number of fused-ring (bicyclic) bond motifs is 1. The van der Waals surface area contributed by atoms with Gasteiger partial charge in [0.05, 0.1) is 35.0 Å². The third-order valence-corrected chi connectivity index (χ3v) is 12.5. The lowest BCUT2D eigenvalue weighted by Gasteiger charge is -2.40. The fourth-order valence-corrected chi connectivity index (χ4v) is 9.12. The van der Waals surface area contributed by atoms with Crippen molar-refractivity contribution >= 4 is 16.9 Å². The molecule has 13 heteroatoms. The number of nitrogens with zero attached hydrogens (tertiary/aromatic N) is 3. The monoisotopic (exact) mass is 898 g/mol. The summed E-state index contributed by atoms with van der Waals surface area (Å²) < 4.78 is 38.0. The van der Waals surface area contributed by atoms with E-state index in [1.807, 2.05) is 158 Å². The number of hydrogen-bond donors (Lipinski definition) is 3. The molecule has 0 radical (unpaired) electrons. The second-order valence-corrected chi connectivity index (χ2v) is 16.0. The minimum Gasteiger partial charge on any atom is -0.497 e. The number of aromatic nitrogens is 3. The van der Waals surface area contributed by atoms with E-state index in [1.165, 1.54) is 12.4 Å². The topological polar surface area (TPSA) is 156 Å². The van der Waals surface area contributed by atoms with Crippen LogP contribution in [0.15, 0.2) is 181 Å². The van der Waals surface area contributed by atoms with Gasteiger partial charge in [-0.05, 0) is 81.9 Å². The second-order valence-electron chi connectivity index (χ2n) is 16.0. The number of pyridine rings is 1. The first kappa shape index (κ1) is 44.6. The van der Waals surface area contributed by atoms with Crippen LogP contribution in [0.25, 0.3) is 11.0 Å². The van der Waals surface area contributed by atoms with Crippen molar-refractivity contribution in [3.63, 3.8) is 0 Å². The molecule has 0 saturated carbocycles. The zero-order chi connectivity index (χ0) is 46.5. The summed E-state index contributed by atoms with van der Waals surface area (Å²) in [7, 11) is 6.43. The number of rotatable bonds is 16. The largest absolute Gasteiger partial charge is 0.497 e. The van der Waals surface area contributed by atoms with Crippen molar-refractivity contribution < 1.29 is 38.6 Å². The third-order valence-electron chi connectivity index (χ3n) is 12.5. The molecule has 1 saturated heterocycles. The van der Waals surface area contributed by atoms with Crippen LogP contribution in [0.3, 0.4) is 0 Å². The van der Waals surface area contributed by atoms with Gasteiger partial charge in [0, 0.05) is 12.3 Å². The molecule has 0 bridgehead atoms. The van der Waals surface area contributed by atoms with E-state index in [0.717, 1.165) is 33.4 Å². The molecule has 0 amide bonds. The summed E-state index contributed by atoms with van der Waals surface area (Å²) in [5, 5.41) is 26.9. The Bertz CT molecular complexity index is 2880. The molecule has 3 N–H and O–H groups in total. The number of benzene rings is 6. The summed E-state index contributed by atoms with van der Waals surface area (Å²) >= 11 is 0. The van der Waals surface area contributed by atoms with E-state index in [-0.39, 0.29) is 22.3 Å². The molecule has 1 fully saturated rings. The van der Waals surface area contributed by atoms with Crippen molar-refractivity contribution in [2.75, 3.05) is 40.4 Å². The lowest BCUT2D eigenvalue weighted by molar-refractivity contribution is -0.122. The van der Waals surface area contributed by atoms with Crippen LogP contribution in [0.2, 0.25) is 0 Å². The Hall–Kier alpha value is -7.55. The number of anilines is 1. The van der Waals surface area contributed by atoms with E-state index >= 15 is 0 Å². The summed E-state index contributed by atoms with van der Waals surface area (Å²) in [5.74, 6) is 2.85. The van der Waals surface area contributed by atoms with Crippen LogP contribution in [0.4, 0.5) is 5.82 Å². The van der Waals surface area contributed by atoms with Crippen molar-refractivity contribution in [1.29, 1.82) is 0 Å². The first-order valence-electron chi connectivity index (χ1n) is 21.7. The molecule has 2 aromatic heterocycles. The molecular formula is C54H50N4O9. The molecule has 13 nitrogen and oxygen atoms in total. The van der Waals surface area contributed by atoms with Crippen LogP contribution < -0.4 is 29.7 Å². The third kappa shape index (κ3) is 8.12. The molecule has 6 aromatic carbocycles. The van der Waals surface area contributed by atoms with Gasteiger partial charge in [-0.3, -0.25) is 4.79 Å². The number of aliphatic hydroxyl groups excluding tert-OH is 2. The van der Waals surface area contributed by atoms with Crippen LogP contribution in [-0.4, -0.2) is 78.1 Å². The van der Waals surface area contributed by atoms with Gasteiger partial charge in [0.1, 0.15) is 70.0 Å². The predicted octanol–water partition coefficient (Wildman–Crippen LogP) is 7.86. The average Bonchev–Trinajstić information content (AvgIpc) is 3.71. The van der Waals surface area contributed by atoms with Gasteiger partial charge in [-0.25, -0.2) is 9.97 Å². The number of hydrogen-bond acceptors (Lipinski definition) is 12. The Morgan fingerprint density at radius 2 is 1.03 bits per heavy atom. The van der Waals surface area contributed by atoms with Crippen molar-refractivity contribution in [3.05, 3.63) is 220 Å². The van der Waals surface area contributed by atoms with Gasteiger partial charge in [0.15, 0.2) is 17.3 Å². The average molecular weight is 899 g/mol. The Balaban J connectivity index is 1.24. The van der Waals surface area contributed by atoms with Gasteiger partial charge in [-0.2, -0.15) is 0 Å². The van der Waals surface area contributed by atoms with Crippen molar-refractivity contribution in [2.24, 2.45) is 0 Å². The highest BCUT2D eigenvalue weighted by atomic mass is 16.6. The summed E-state index contributed by atoms with van der Waals surface area (Å²) in [4.78, 5) is 23.9.